The van der Waals surface area contributed by atoms with Crippen LogP contribution in [0.15, 0.2) is 46.8 Å². The number of amides is 1. The fourth-order valence-electron chi connectivity index (χ4n) is 2.42. The Labute approximate surface area is 171 Å². The van der Waals surface area contributed by atoms with E-state index in [-0.39, 0.29) is 5.91 Å². The van der Waals surface area contributed by atoms with E-state index in [2.05, 4.69) is 20.6 Å². The first-order valence-corrected chi connectivity index (χ1v) is 10.2. The lowest BCUT2D eigenvalue weighted by atomic mass is 10.2. The van der Waals surface area contributed by atoms with Crippen molar-refractivity contribution in [1.29, 1.82) is 0 Å². The number of nitrogens with one attached hydrogen (secondary N) is 2. The first-order valence-electron chi connectivity index (χ1n) is 8.53. The van der Waals surface area contributed by atoms with Crippen molar-refractivity contribution >= 4 is 39.7 Å². The lowest BCUT2D eigenvalue weighted by Gasteiger charge is -2.06. The number of benzene rings is 1. The minimum atomic E-state index is -0.0435. The Bertz CT molecular complexity index is 980. The molecule has 0 atom stereocenters. The molecule has 0 bridgehead atoms. The zero-order valence-corrected chi connectivity index (χ0v) is 17.2. The van der Waals surface area contributed by atoms with Crippen LogP contribution in [0.25, 0.3) is 10.6 Å². The summed E-state index contributed by atoms with van der Waals surface area (Å²) in [6, 6.07) is 11.7. The highest BCUT2D eigenvalue weighted by atomic mass is 32.1. The number of para-hydroxylation sites is 1. The molecular weight excluding hydrogens is 394 g/mol. The fourth-order valence-corrected chi connectivity index (χ4v) is 4.12. The molecular formula is C19H21N5O2S2. The van der Waals surface area contributed by atoms with Crippen molar-refractivity contribution in [2.75, 3.05) is 12.4 Å². The van der Waals surface area contributed by atoms with Crippen LogP contribution in [0.4, 0.5) is 5.13 Å². The summed E-state index contributed by atoms with van der Waals surface area (Å²) >= 11 is 3.06. The fraction of sp³-hybridized carbons (Fsp3) is 0.211. The number of nitrogens with zero attached hydrogens (tertiary/aromatic N) is 2. The van der Waals surface area contributed by atoms with Crippen LogP contribution in [0.1, 0.15) is 17.4 Å². The van der Waals surface area contributed by atoms with E-state index in [9.17, 15) is 4.79 Å². The van der Waals surface area contributed by atoms with Gasteiger partial charge in [0, 0.05) is 22.7 Å². The predicted molar refractivity (Wildman–Crippen MR) is 115 cm³/mol. The van der Waals surface area contributed by atoms with Gasteiger partial charge in [0.05, 0.1) is 30.8 Å². The standard InChI is InChI=1S/C19H21N5O2S2/c1-12(25)21-10-14-7-8-17(28-14)15-11-27-19(23-15)24-18(20)22-9-13-5-3-4-6-16(13)26-2/h3-8,11H,9-10H2,1-2H3,(H,21,25)(H3,20,22,23,24). The molecule has 0 unspecified atom stereocenters. The Morgan fingerprint density at radius 2 is 2.11 bits per heavy atom. The van der Waals surface area contributed by atoms with E-state index in [0.717, 1.165) is 26.8 Å². The minimum Gasteiger partial charge on any atom is -0.496 e. The maximum atomic E-state index is 11.0. The second-order valence-corrected chi connectivity index (χ2v) is 7.88. The van der Waals surface area contributed by atoms with Gasteiger partial charge < -0.3 is 21.1 Å². The molecule has 0 fully saturated rings. The molecule has 0 aliphatic carbocycles. The first-order chi connectivity index (χ1) is 13.5. The Kier molecular flexibility index (Phi) is 6.62. The van der Waals surface area contributed by atoms with Gasteiger partial charge in [0.2, 0.25) is 5.91 Å². The number of rotatable bonds is 7. The van der Waals surface area contributed by atoms with Crippen LogP contribution >= 0.6 is 22.7 Å². The van der Waals surface area contributed by atoms with Crippen LogP contribution in [-0.4, -0.2) is 24.0 Å². The molecule has 28 heavy (non-hydrogen) atoms. The number of anilines is 1. The van der Waals surface area contributed by atoms with Gasteiger partial charge in [0.15, 0.2) is 11.1 Å². The average molecular weight is 416 g/mol. The van der Waals surface area contributed by atoms with E-state index >= 15 is 0 Å². The third kappa shape index (κ3) is 5.30. The average Bonchev–Trinajstić information content (AvgIpc) is 3.34. The second kappa shape index (κ2) is 9.34. The lowest BCUT2D eigenvalue weighted by molar-refractivity contribution is -0.119. The zero-order chi connectivity index (χ0) is 19.9. The molecule has 1 aromatic carbocycles. The molecule has 0 radical (unpaired) electrons. The van der Waals surface area contributed by atoms with Crippen LogP contribution < -0.4 is 21.1 Å². The summed E-state index contributed by atoms with van der Waals surface area (Å²) in [5.74, 6) is 1.03. The van der Waals surface area contributed by atoms with Gasteiger partial charge in [0.1, 0.15) is 5.75 Å². The van der Waals surface area contributed by atoms with Crippen LogP contribution in [0.2, 0.25) is 0 Å². The largest absolute Gasteiger partial charge is 0.496 e. The molecule has 0 aliphatic rings. The minimum absolute atomic E-state index is 0.0435. The number of hydrogen-bond acceptors (Lipinski definition) is 6. The number of aromatic nitrogens is 1. The highest BCUT2D eigenvalue weighted by Crippen LogP contribution is 2.30. The number of thiophene rings is 1. The number of ether oxygens (including phenoxy) is 1. The molecule has 0 saturated carbocycles. The molecule has 1 amide bonds. The van der Waals surface area contributed by atoms with Gasteiger partial charge in [-0.3, -0.25) is 4.79 Å². The van der Waals surface area contributed by atoms with E-state index in [4.69, 9.17) is 10.5 Å². The van der Waals surface area contributed by atoms with Gasteiger partial charge in [-0.2, -0.15) is 0 Å². The van der Waals surface area contributed by atoms with E-state index in [1.807, 2.05) is 41.8 Å². The SMILES string of the molecule is COc1ccccc1CN=C(N)Nc1nc(-c2ccc(CNC(C)=O)s2)cs1. The van der Waals surface area contributed by atoms with Crippen molar-refractivity contribution in [3.63, 3.8) is 0 Å². The summed E-state index contributed by atoms with van der Waals surface area (Å²) in [7, 11) is 1.63. The lowest BCUT2D eigenvalue weighted by Crippen LogP contribution is -2.22. The van der Waals surface area contributed by atoms with Crippen molar-refractivity contribution in [2.45, 2.75) is 20.0 Å². The summed E-state index contributed by atoms with van der Waals surface area (Å²) < 4.78 is 5.32. The van der Waals surface area contributed by atoms with Crippen molar-refractivity contribution in [2.24, 2.45) is 10.7 Å². The maximum absolute atomic E-state index is 11.0. The van der Waals surface area contributed by atoms with Crippen LogP contribution in [0.3, 0.4) is 0 Å². The highest BCUT2D eigenvalue weighted by Gasteiger charge is 2.09. The van der Waals surface area contributed by atoms with Crippen molar-refractivity contribution in [3.05, 3.63) is 52.2 Å². The maximum Gasteiger partial charge on any atom is 0.217 e. The molecule has 3 aromatic rings. The van der Waals surface area contributed by atoms with E-state index in [1.165, 1.54) is 18.3 Å². The monoisotopic (exact) mass is 415 g/mol. The normalized spacial score (nSPS) is 11.3. The number of guanidine groups is 1. The van der Waals surface area contributed by atoms with Gasteiger partial charge in [-0.1, -0.05) is 18.2 Å². The summed E-state index contributed by atoms with van der Waals surface area (Å²) in [6.07, 6.45) is 0. The van der Waals surface area contributed by atoms with Crippen LogP contribution in [0.5, 0.6) is 5.75 Å². The number of methoxy groups -OCH3 is 1. The van der Waals surface area contributed by atoms with Gasteiger partial charge >= 0.3 is 0 Å². The van der Waals surface area contributed by atoms with Gasteiger partial charge in [-0.15, -0.1) is 22.7 Å². The van der Waals surface area contributed by atoms with Crippen molar-refractivity contribution in [3.8, 4) is 16.3 Å². The van der Waals surface area contributed by atoms with Crippen LogP contribution in [-0.2, 0) is 17.9 Å². The number of carbonyl (C=O) groups is 1. The van der Waals surface area contributed by atoms with Crippen LogP contribution in [0, 0.1) is 0 Å². The van der Waals surface area contributed by atoms with Gasteiger partial charge in [0.25, 0.3) is 0 Å². The molecule has 2 heterocycles. The topological polar surface area (TPSA) is 102 Å². The Morgan fingerprint density at radius 3 is 2.89 bits per heavy atom. The number of aliphatic imine (C=N–C) groups is 1. The smallest absolute Gasteiger partial charge is 0.217 e. The summed E-state index contributed by atoms with van der Waals surface area (Å²) in [5, 5.41) is 8.46. The number of hydrogen-bond donors (Lipinski definition) is 3. The van der Waals surface area contributed by atoms with Crippen molar-refractivity contribution in [1.82, 2.24) is 10.3 Å². The molecule has 3 rings (SSSR count). The quantitative estimate of drug-likeness (QED) is 0.405. The second-order valence-electron chi connectivity index (χ2n) is 5.85. The van der Waals surface area contributed by atoms with E-state index in [1.54, 1.807) is 18.4 Å². The molecule has 4 N–H and O–H groups in total. The van der Waals surface area contributed by atoms with E-state index < -0.39 is 0 Å². The summed E-state index contributed by atoms with van der Waals surface area (Å²) in [5.41, 5.74) is 7.82. The Morgan fingerprint density at radius 1 is 1.29 bits per heavy atom. The predicted octanol–water partition coefficient (Wildman–Crippen LogP) is 3.44. The summed E-state index contributed by atoms with van der Waals surface area (Å²) in [4.78, 5) is 22.1. The van der Waals surface area contributed by atoms with Gasteiger partial charge in [-0.25, -0.2) is 9.98 Å². The van der Waals surface area contributed by atoms with E-state index in [0.29, 0.717) is 24.2 Å². The third-order valence-electron chi connectivity index (χ3n) is 3.78. The molecule has 2 aromatic heterocycles. The highest BCUT2D eigenvalue weighted by molar-refractivity contribution is 7.17. The Hall–Kier alpha value is -2.91. The zero-order valence-electron chi connectivity index (χ0n) is 15.6. The molecule has 0 saturated heterocycles. The third-order valence-corrected chi connectivity index (χ3v) is 5.64. The first kappa shape index (κ1) is 19.8. The molecule has 9 heteroatoms. The molecule has 146 valence electrons. The Balaban J connectivity index is 1.61. The number of carbonyl (C=O) groups excluding carboxylic acids is 1. The molecule has 0 aliphatic heterocycles. The molecule has 7 nitrogen and oxygen atoms in total. The van der Waals surface area contributed by atoms with Gasteiger partial charge in [-0.05, 0) is 18.2 Å². The van der Waals surface area contributed by atoms with Crippen molar-refractivity contribution < 1.29 is 9.53 Å². The summed E-state index contributed by atoms with van der Waals surface area (Å²) in [6.45, 7) is 2.45. The number of nitrogens with two attached hydrogens (primary N) is 1. The molecule has 0 spiro atoms. The number of thiazole rings is 1.